The zero-order valence-electron chi connectivity index (χ0n) is 31.8. The summed E-state index contributed by atoms with van der Waals surface area (Å²) in [6.07, 6.45) is 10.7. The molecule has 56 heavy (non-hydrogen) atoms. The fourth-order valence-electron chi connectivity index (χ4n) is 7.22. The van der Waals surface area contributed by atoms with E-state index in [4.69, 9.17) is 0 Å². The maximum absolute atomic E-state index is 2.31. The highest BCUT2D eigenvalue weighted by molar-refractivity contribution is 5.88. The Morgan fingerprint density at radius 3 is 1.27 bits per heavy atom. The van der Waals surface area contributed by atoms with Crippen LogP contribution in [0.2, 0.25) is 0 Å². The second-order valence-corrected chi connectivity index (χ2v) is 13.8. The van der Waals surface area contributed by atoms with Crippen LogP contribution in [0.15, 0.2) is 218 Å². The van der Waals surface area contributed by atoms with Crippen molar-refractivity contribution in [2.24, 2.45) is 0 Å². The Morgan fingerprint density at radius 2 is 0.786 bits per heavy atom. The molecule has 2 heteroatoms. The molecule has 0 radical (unpaired) electrons. The van der Waals surface area contributed by atoms with Crippen LogP contribution in [0.25, 0.3) is 39.6 Å². The zero-order chi connectivity index (χ0) is 38.1. The molecule has 270 valence electrons. The van der Waals surface area contributed by atoms with Crippen LogP contribution in [-0.2, 0) is 0 Å². The monoisotopic (exact) mass is 720 g/mol. The SMILES string of the molecule is C/C=C\C(=C/C)c1ccc(N(c2ccccc2)c2ccc(/C=C/c3ccc(N(c4ccccc4)c4ccc(-c5ccc6ccccc6c5)cc4)cc3)cc2)cc1. The second-order valence-electron chi connectivity index (χ2n) is 13.8. The first-order chi connectivity index (χ1) is 27.7. The Morgan fingerprint density at radius 1 is 0.375 bits per heavy atom. The lowest BCUT2D eigenvalue weighted by Crippen LogP contribution is -2.09. The third-order valence-electron chi connectivity index (χ3n) is 10.1. The number of rotatable bonds is 11. The van der Waals surface area contributed by atoms with Gasteiger partial charge in [0.1, 0.15) is 0 Å². The number of benzene rings is 8. The first-order valence-corrected chi connectivity index (χ1v) is 19.2. The topological polar surface area (TPSA) is 6.48 Å². The fourth-order valence-corrected chi connectivity index (χ4v) is 7.22. The second kappa shape index (κ2) is 16.9. The molecule has 2 nitrogen and oxygen atoms in total. The Balaban J connectivity index is 1.01. The Kier molecular flexibility index (Phi) is 10.8. The van der Waals surface area contributed by atoms with Gasteiger partial charge in [-0.1, -0.05) is 152 Å². The highest BCUT2D eigenvalue weighted by Gasteiger charge is 2.14. The molecule has 0 bridgehead atoms. The molecular formula is C54H44N2. The summed E-state index contributed by atoms with van der Waals surface area (Å²) in [6.45, 7) is 4.14. The van der Waals surface area contributed by atoms with Crippen LogP contribution in [0.4, 0.5) is 34.1 Å². The maximum Gasteiger partial charge on any atom is 0.0462 e. The van der Waals surface area contributed by atoms with Gasteiger partial charge in [-0.15, -0.1) is 0 Å². The van der Waals surface area contributed by atoms with E-state index in [1.807, 2.05) is 0 Å². The van der Waals surface area contributed by atoms with E-state index in [0.29, 0.717) is 0 Å². The first-order valence-electron chi connectivity index (χ1n) is 19.2. The van der Waals surface area contributed by atoms with Crippen LogP contribution in [0.3, 0.4) is 0 Å². The van der Waals surface area contributed by atoms with Gasteiger partial charge >= 0.3 is 0 Å². The van der Waals surface area contributed by atoms with Gasteiger partial charge in [-0.05, 0) is 137 Å². The summed E-state index contributed by atoms with van der Waals surface area (Å²) in [5, 5.41) is 2.51. The largest absolute Gasteiger partial charge is 0.311 e. The summed E-state index contributed by atoms with van der Waals surface area (Å²) < 4.78 is 0. The quantitative estimate of drug-likeness (QED) is 0.0969. The summed E-state index contributed by atoms with van der Waals surface area (Å²) in [5.74, 6) is 0. The minimum absolute atomic E-state index is 1.11. The van der Waals surface area contributed by atoms with E-state index in [-0.39, 0.29) is 0 Å². The molecule has 0 aliphatic heterocycles. The average Bonchev–Trinajstić information content (AvgIpc) is 3.27. The molecule has 0 N–H and O–H groups in total. The molecule has 0 heterocycles. The Hall–Kier alpha value is -7.16. The van der Waals surface area contributed by atoms with Crippen molar-refractivity contribution in [2.45, 2.75) is 13.8 Å². The third-order valence-corrected chi connectivity index (χ3v) is 10.1. The number of anilines is 6. The smallest absolute Gasteiger partial charge is 0.0462 e. The van der Waals surface area contributed by atoms with E-state index >= 15 is 0 Å². The van der Waals surface area contributed by atoms with Crippen molar-refractivity contribution >= 4 is 62.6 Å². The maximum atomic E-state index is 2.31. The van der Waals surface area contributed by atoms with Crippen LogP contribution in [0.5, 0.6) is 0 Å². The summed E-state index contributed by atoms with van der Waals surface area (Å²) in [5.41, 5.74) is 13.8. The van der Waals surface area contributed by atoms with E-state index in [0.717, 1.165) is 45.3 Å². The summed E-state index contributed by atoms with van der Waals surface area (Å²) in [4.78, 5) is 4.61. The standard InChI is InChI=1S/C54H44N2/c1-3-13-43(4-2)45-28-36-53(37-29-45)55(49-16-7-5-8-17-49)51-32-22-41(23-33-51)20-21-42-24-34-52(35-25-42)56(50-18-9-6-10-19-50)54-38-30-46(31-39-54)48-27-26-44-14-11-12-15-47(44)40-48/h3-40H,1-2H3/b13-3-,21-20+,43-4+. The van der Waals surface area contributed by atoms with Gasteiger partial charge < -0.3 is 9.80 Å². The zero-order valence-corrected chi connectivity index (χ0v) is 31.8. The normalized spacial score (nSPS) is 11.7. The molecule has 0 amide bonds. The average molecular weight is 721 g/mol. The van der Waals surface area contributed by atoms with Gasteiger partial charge in [0.25, 0.3) is 0 Å². The predicted molar refractivity (Wildman–Crippen MR) is 243 cm³/mol. The van der Waals surface area contributed by atoms with Gasteiger partial charge in [-0.3, -0.25) is 0 Å². The van der Waals surface area contributed by atoms with E-state index in [9.17, 15) is 0 Å². The van der Waals surface area contributed by atoms with Crippen molar-refractivity contribution in [3.8, 4) is 11.1 Å². The number of para-hydroxylation sites is 2. The van der Waals surface area contributed by atoms with E-state index in [2.05, 4.69) is 254 Å². The molecule has 0 aliphatic carbocycles. The molecule has 8 rings (SSSR count). The van der Waals surface area contributed by atoms with Crippen molar-refractivity contribution in [2.75, 3.05) is 9.80 Å². The highest BCUT2D eigenvalue weighted by Crippen LogP contribution is 2.37. The van der Waals surface area contributed by atoms with Gasteiger partial charge in [0.05, 0.1) is 0 Å². The van der Waals surface area contributed by atoms with E-state index in [1.54, 1.807) is 0 Å². The van der Waals surface area contributed by atoms with E-state index in [1.165, 1.54) is 33.0 Å². The minimum atomic E-state index is 1.11. The highest BCUT2D eigenvalue weighted by atomic mass is 15.1. The van der Waals surface area contributed by atoms with Crippen LogP contribution in [0.1, 0.15) is 30.5 Å². The van der Waals surface area contributed by atoms with Crippen LogP contribution < -0.4 is 9.80 Å². The summed E-state index contributed by atoms with van der Waals surface area (Å²) >= 11 is 0. The van der Waals surface area contributed by atoms with Crippen molar-refractivity contribution in [3.05, 3.63) is 235 Å². The fraction of sp³-hybridized carbons (Fsp3) is 0.0370. The number of allylic oxidation sites excluding steroid dienone is 4. The van der Waals surface area contributed by atoms with Crippen molar-refractivity contribution < 1.29 is 0 Å². The van der Waals surface area contributed by atoms with Crippen LogP contribution in [-0.4, -0.2) is 0 Å². The molecule has 0 aromatic heterocycles. The summed E-state index contributed by atoms with van der Waals surface area (Å²) in [6, 6.07) is 71.5. The molecule has 0 saturated heterocycles. The lowest BCUT2D eigenvalue weighted by Gasteiger charge is -2.26. The predicted octanol–water partition coefficient (Wildman–Crippen LogP) is 15.6. The molecule has 8 aromatic rings. The molecule has 0 spiro atoms. The molecule has 0 unspecified atom stereocenters. The minimum Gasteiger partial charge on any atom is -0.311 e. The third kappa shape index (κ3) is 8.01. The summed E-state index contributed by atoms with van der Waals surface area (Å²) in [7, 11) is 0. The molecule has 0 saturated carbocycles. The van der Waals surface area contributed by atoms with Crippen molar-refractivity contribution in [1.82, 2.24) is 0 Å². The van der Waals surface area contributed by atoms with Crippen LogP contribution >= 0.6 is 0 Å². The molecule has 0 atom stereocenters. The van der Waals surface area contributed by atoms with Crippen LogP contribution in [0, 0.1) is 0 Å². The van der Waals surface area contributed by atoms with Gasteiger partial charge in [-0.25, -0.2) is 0 Å². The van der Waals surface area contributed by atoms with Crippen molar-refractivity contribution in [1.29, 1.82) is 0 Å². The lowest BCUT2D eigenvalue weighted by molar-refractivity contribution is 1.28. The number of hydrogen-bond donors (Lipinski definition) is 0. The van der Waals surface area contributed by atoms with Gasteiger partial charge in [0.2, 0.25) is 0 Å². The van der Waals surface area contributed by atoms with Gasteiger partial charge in [0.15, 0.2) is 0 Å². The first kappa shape index (κ1) is 35.8. The molecular weight excluding hydrogens is 677 g/mol. The number of hydrogen-bond acceptors (Lipinski definition) is 2. The van der Waals surface area contributed by atoms with E-state index < -0.39 is 0 Å². The Bertz CT molecular complexity index is 2600. The van der Waals surface area contributed by atoms with Gasteiger partial charge in [0, 0.05) is 34.1 Å². The number of nitrogens with zero attached hydrogens (tertiary/aromatic N) is 2. The molecule has 8 aromatic carbocycles. The van der Waals surface area contributed by atoms with Gasteiger partial charge in [-0.2, -0.15) is 0 Å². The Labute approximate surface area is 331 Å². The van der Waals surface area contributed by atoms with Crippen molar-refractivity contribution in [3.63, 3.8) is 0 Å². The molecule has 0 aliphatic rings. The molecule has 0 fully saturated rings. The number of fused-ring (bicyclic) bond motifs is 1. The lowest BCUT2D eigenvalue weighted by atomic mass is 10.0.